The van der Waals surface area contributed by atoms with Gasteiger partial charge in [-0.05, 0) is 59.0 Å². The first kappa shape index (κ1) is 37.2. The Balaban J connectivity index is 1.79. The SMILES string of the molecule is C#C[C@@H](OS(=O)(=O)c1c(C(C)C)cc(C(C)C)cc1C(C)C)[C@@H]1C[C@H]2O[C@@H]([C@H](CCCCC)O[Si](C)(C)C(C)(C)C)C[C@H]2O1. The van der Waals surface area contributed by atoms with E-state index >= 15 is 0 Å². The Morgan fingerprint density at radius 2 is 1.45 bits per heavy atom. The average Bonchev–Trinajstić information content (AvgIpc) is 3.49. The van der Waals surface area contributed by atoms with E-state index in [4.69, 9.17) is 24.5 Å². The lowest BCUT2D eigenvalue weighted by Crippen LogP contribution is -2.47. The molecule has 2 aliphatic heterocycles. The van der Waals surface area contributed by atoms with Crippen molar-refractivity contribution in [1.29, 1.82) is 0 Å². The van der Waals surface area contributed by atoms with Gasteiger partial charge in [-0.15, -0.1) is 6.42 Å². The van der Waals surface area contributed by atoms with E-state index < -0.39 is 30.6 Å². The summed E-state index contributed by atoms with van der Waals surface area (Å²) in [4.78, 5) is 0.249. The van der Waals surface area contributed by atoms with E-state index in [0.717, 1.165) is 36.0 Å². The zero-order chi connectivity index (χ0) is 33.2. The molecule has 2 aliphatic rings. The minimum absolute atomic E-state index is 0.00454. The third-order valence-corrected chi connectivity index (χ3v) is 15.8. The molecule has 3 rings (SSSR count). The van der Waals surface area contributed by atoms with Crippen molar-refractivity contribution in [2.75, 3.05) is 0 Å². The number of benzene rings is 1. The maximum Gasteiger partial charge on any atom is 0.298 e. The van der Waals surface area contributed by atoms with Gasteiger partial charge in [-0.25, -0.2) is 4.18 Å². The highest BCUT2D eigenvalue weighted by Gasteiger charge is 2.50. The largest absolute Gasteiger partial charge is 0.411 e. The van der Waals surface area contributed by atoms with Crippen molar-refractivity contribution in [3.05, 3.63) is 28.8 Å². The molecule has 0 aliphatic carbocycles. The molecule has 0 spiro atoms. The topological polar surface area (TPSA) is 71.1 Å². The summed E-state index contributed by atoms with van der Waals surface area (Å²) < 4.78 is 53.8. The molecule has 1 aromatic rings. The van der Waals surface area contributed by atoms with Crippen LogP contribution in [-0.2, 0) is 28.2 Å². The van der Waals surface area contributed by atoms with Crippen LogP contribution in [-0.4, -0.2) is 53.4 Å². The quantitative estimate of drug-likeness (QED) is 0.0868. The average molecular weight is 649 g/mol. The van der Waals surface area contributed by atoms with Gasteiger partial charge in [0.15, 0.2) is 14.4 Å². The summed E-state index contributed by atoms with van der Waals surface area (Å²) >= 11 is 0. The number of hydrogen-bond donors (Lipinski definition) is 0. The van der Waals surface area contributed by atoms with E-state index in [-0.39, 0.29) is 52.1 Å². The summed E-state index contributed by atoms with van der Waals surface area (Å²) in [6, 6.07) is 4.02. The molecule has 250 valence electrons. The van der Waals surface area contributed by atoms with Crippen LogP contribution in [0.2, 0.25) is 18.1 Å². The van der Waals surface area contributed by atoms with E-state index in [1.54, 1.807) is 0 Å². The third kappa shape index (κ3) is 8.57. The zero-order valence-corrected chi connectivity index (χ0v) is 31.3. The number of unbranched alkanes of at least 4 members (excludes halogenated alkanes) is 2. The molecule has 0 N–H and O–H groups in total. The lowest BCUT2D eigenvalue weighted by atomic mass is 9.89. The summed E-state index contributed by atoms with van der Waals surface area (Å²) in [5.74, 6) is 2.86. The first-order valence-electron chi connectivity index (χ1n) is 16.9. The van der Waals surface area contributed by atoms with Crippen LogP contribution < -0.4 is 0 Å². The maximum atomic E-state index is 14.0. The second kappa shape index (κ2) is 14.7. The lowest BCUT2D eigenvalue weighted by Gasteiger charge is -2.41. The lowest BCUT2D eigenvalue weighted by molar-refractivity contribution is -0.0350. The van der Waals surface area contributed by atoms with Crippen molar-refractivity contribution < 1.29 is 26.5 Å². The highest BCUT2D eigenvalue weighted by Crippen LogP contribution is 2.43. The standard InChI is InChI=1S/C36H60O6SSi/c1-14-16-17-18-30(42-44(12,13)36(9,10)11)32-22-34-33(40-32)21-31(39-34)29(15-2)41-43(37,38)35-27(24(5)6)19-26(23(3)4)20-28(35)25(7)8/h2,19-20,23-25,29-34H,14,16-18,21-22H2,1,3-13H3/t29-,30+,31+,32-,33-,34-/m1/s1. The smallest absolute Gasteiger partial charge is 0.298 e. The Bertz CT molecular complexity index is 1210. The summed E-state index contributed by atoms with van der Waals surface area (Å²) in [6.45, 7) is 25.9. The first-order chi connectivity index (χ1) is 20.3. The van der Waals surface area contributed by atoms with E-state index in [1.165, 1.54) is 6.42 Å². The Labute approximate surface area is 270 Å². The molecular formula is C36H60O6SSi. The predicted molar refractivity (Wildman–Crippen MR) is 182 cm³/mol. The van der Waals surface area contributed by atoms with Gasteiger partial charge in [0.2, 0.25) is 0 Å². The van der Waals surface area contributed by atoms with Crippen LogP contribution in [0.25, 0.3) is 0 Å². The molecular weight excluding hydrogens is 589 g/mol. The van der Waals surface area contributed by atoms with E-state index in [9.17, 15) is 8.42 Å². The van der Waals surface area contributed by atoms with Crippen LogP contribution in [0.1, 0.15) is 142 Å². The third-order valence-electron chi connectivity index (χ3n) is 9.86. The molecule has 44 heavy (non-hydrogen) atoms. The number of rotatable bonds is 14. The van der Waals surface area contributed by atoms with Crippen LogP contribution in [0.4, 0.5) is 0 Å². The van der Waals surface area contributed by atoms with Crippen LogP contribution in [0.3, 0.4) is 0 Å². The number of hydrogen-bond acceptors (Lipinski definition) is 6. The molecule has 1 aromatic carbocycles. The summed E-state index contributed by atoms with van der Waals surface area (Å²) in [7, 11) is -6.17. The molecule has 0 radical (unpaired) electrons. The van der Waals surface area contributed by atoms with Gasteiger partial charge < -0.3 is 13.9 Å². The van der Waals surface area contributed by atoms with Gasteiger partial charge in [-0.1, -0.05) is 107 Å². The van der Waals surface area contributed by atoms with E-state index in [1.807, 2.05) is 39.8 Å². The first-order valence-corrected chi connectivity index (χ1v) is 21.2. The van der Waals surface area contributed by atoms with Crippen LogP contribution in [0, 0.1) is 12.3 Å². The predicted octanol–water partition coefficient (Wildman–Crippen LogP) is 9.05. The highest BCUT2D eigenvalue weighted by atomic mass is 32.2. The minimum atomic E-state index is -4.18. The van der Waals surface area contributed by atoms with Gasteiger partial charge in [0.25, 0.3) is 10.1 Å². The summed E-state index contributed by atoms with van der Waals surface area (Å²) in [5.41, 5.74) is 2.65. The van der Waals surface area contributed by atoms with Gasteiger partial charge in [-0.3, -0.25) is 0 Å². The Kier molecular flexibility index (Phi) is 12.4. The van der Waals surface area contributed by atoms with Crippen molar-refractivity contribution in [3.63, 3.8) is 0 Å². The van der Waals surface area contributed by atoms with Gasteiger partial charge in [0.05, 0.1) is 30.5 Å². The highest BCUT2D eigenvalue weighted by molar-refractivity contribution is 7.87. The molecule has 8 heteroatoms. The summed E-state index contributed by atoms with van der Waals surface area (Å²) in [5, 5.41) is 0.106. The van der Waals surface area contributed by atoms with E-state index in [2.05, 4.69) is 60.6 Å². The van der Waals surface area contributed by atoms with Gasteiger partial charge >= 0.3 is 0 Å². The maximum absolute atomic E-state index is 14.0. The molecule has 0 saturated carbocycles. The van der Waals surface area contributed by atoms with Crippen molar-refractivity contribution >= 4 is 18.4 Å². The second-order valence-corrected chi connectivity index (χ2v) is 21.7. The normalized spacial score (nSPS) is 24.2. The summed E-state index contributed by atoms with van der Waals surface area (Å²) in [6.07, 6.45) is 9.57. The monoisotopic (exact) mass is 648 g/mol. The minimum Gasteiger partial charge on any atom is -0.411 e. The molecule has 0 amide bonds. The molecule has 0 bridgehead atoms. The van der Waals surface area contributed by atoms with Gasteiger partial charge in [0, 0.05) is 12.8 Å². The fourth-order valence-corrected chi connectivity index (χ4v) is 9.17. The fraction of sp³-hybridized carbons (Fsp3) is 0.778. The van der Waals surface area contributed by atoms with E-state index in [0.29, 0.717) is 12.8 Å². The van der Waals surface area contributed by atoms with Crippen LogP contribution >= 0.6 is 0 Å². The van der Waals surface area contributed by atoms with Crippen LogP contribution in [0.15, 0.2) is 17.0 Å². The molecule has 6 atom stereocenters. The Morgan fingerprint density at radius 3 is 1.91 bits per heavy atom. The molecule has 0 unspecified atom stereocenters. The molecule has 6 nitrogen and oxygen atoms in total. The number of fused-ring (bicyclic) bond motifs is 1. The molecule has 2 heterocycles. The molecule has 2 saturated heterocycles. The van der Waals surface area contributed by atoms with Crippen molar-refractivity contribution in [1.82, 2.24) is 0 Å². The zero-order valence-electron chi connectivity index (χ0n) is 29.5. The van der Waals surface area contributed by atoms with Crippen molar-refractivity contribution in [2.45, 2.75) is 185 Å². The fourth-order valence-electron chi connectivity index (χ4n) is 6.07. The van der Waals surface area contributed by atoms with Crippen molar-refractivity contribution in [2.24, 2.45) is 0 Å². The second-order valence-electron chi connectivity index (χ2n) is 15.4. The Hall–Kier alpha value is -1.21. The Morgan fingerprint density at radius 1 is 0.932 bits per heavy atom. The number of ether oxygens (including phenoxy) is 2. The van der Waals surface area contributed by atoms with Gasteiger partial charge in [0.1, 0.15) is 4.90 Å². The van der Waals surface area contributed by atoms with Gasteiger partial charge in [-0.2, -0.15) is 8.42 Å². The number of terminal acetylenes is 1. The van der Waals surface area contributed by atoms with Crippen LogP contribution in [0.5, 0.6) is 0 Å². The molecule has 2 fully saturated rings. The van der Waals surface area contributed by atoms with Crippen molar-refractivity contribution in [3.8, 4) is 12.3 Å². The molecule has 0 aromatic heterocycles.